The quantitative estimate of drug-likeness (QED) is 0.833. The third-order valence-electron chi connectivity index (χ3n) is 1.71. The highest BCUT2D eigenvalue weighted by Gasteiger charge is 2.20. The number of terminal acetylenes is 1. The third kappa shape index (κ3) is 2.99. The van der Waals surface area contributed by atoms with Crippen LogP contribution >= 0.6 is 22.9 Å². The minimum atomic E-state index is -1.11. The Labute approximate surface area is 101 Å². The van der Waals surface area contributed by atoms with E-state index in [4.69, 9.17) is 23.1 Å². The van der Waals surface area contributed by atoms with Crippen LogP contribution in [-0.2, 0) is 4.79 Å². The Hall–Kier alpha value is -1.51. The molecule has 0 aromatic carbocycles. The lowest BCUT2D eigenvalue weighted by Gasteiger charge is -2.16. The number of carbonyl (C=O) groups excluding carboxylic acids is 1. The van der Waals surface area contributed by atoms with Crippen molar-refractivity contribution in [1.29, 1.82) is 0 Å². The van der Waals surface area contributed by atoms with Gasteiger partial charge in [0.2, 0.25) is 0 Å². The third-order valence-corrected chi connectivity index (χ3v) is 3.04. The number of hydrogen-bond acceptors (Lipinski definition) is 3. The van der Waals surface area contributed by atoms with Crippen LogP contribution in [0.5, 0.6) is 0 Å². The minimum Gasteiger partial charge on any atom is -0.480 e. The molecule has 0 unspecified atom stereocenters. The van der Waals surface area contributed by atoms with Crippen LogP contribution in [0.25, 0.3) is 0 Å². The molecule has 1 N–H and O–H groups in total. The molecule has 0 aliphatic rings. The first-order valence-corrected chi connectivity index (χ1v) is 5.49. The monoisotopic (exact) mass is 257 g/mol. The number of carboxylic acid groups (broad SMARTS) is 1. The van der Waals surface area contributed by atoms with Gasteiger partial charge >= 0.3 is 5.97 Å². The molecular formula is C10H8ClNO3S. The van der Waals surface area contributed by atoms with E-state index in [9.17, 15) is 9.59 Å². The molecule has 1 aromatic rings. The second-order valence-electron chi connectivity index (χ2n) is 2.86. The maximum atomic E-state index is 11.8. The first kappa shape index (κ1) is 12.6. The molecule has 0 aliphatic carbocycles. The topological polar surface area (TPSA) is 57.6 Å². The molecule has 0 fully saturated rings. The van der Waals surface area contributed by atoms with Gasteiger partial charge < -0.3 is 10.0 Å². The predicted molar refractivity (Wildman–Crippen MR) is 61.7 cm³/mol. The van der Waals surface area contributed by atoms with Crippen molar-refractivity contribution in [3.05, 3.63) is 21.3 Å². The van der Waals surface area contributed by atoms with E-state index in [2.05, 4.69) is 5.92 Å². The second-order valence-corrected chi connectivity index (χ2v) is 4.18. The Morgan fingerprint density at radius 3 is 2.75 bits per heavy atom. The Bertz CT molecular complexity index is 449. The molecule has 0 saturated heterocycles. The fraction of sp³-hybridized carbons (Fsp3) is 0.200. The predicted octanol–water partition coefficient (Wildman–Crippen LogP) is 1.56. The molecule has 0 spiro atoms. The molecule has 0 radical (unpaired) electrons. The van der Waals surface area contributed by atoms with Gasteiger partial charge in [0.1, 0.15) is 11.4 Å². The van der Waals surface area contributed by atoms with Crippen molar-refractivity contribution in [3.8, 4) is 12.3 Å². The van der Waals surface area contributed by atoms with E-state index in [1.807, 2.05) is 0 Å². The van der Waals surface area contributed by atoms with Crippen LogP contribution in [0.1, 0.15) is 9.67 Å². The van der Waals surface area contributed by atoms with E-state index in [-0.39, 0.29) is 6.54 Å². The summed E-state index contributed by atoms with van der Waals surface area (Å²) in [5.74, 6) is 0.666. The Balaban J connectivity index is 2.88. The summed E-state index contributed by atoms with van der Waals surface area (Å²) in [5.41, 5.74) is 0. The first-order chi connectivity index (χ1) is 7.56. The largest absolute Gasteiger partial charge is 0.480 e. The van der Waals surface area contributed by atoms with Gasteiger partial charge in [0.25, 0.3) is 5.91 Å². The summed E-state index contributed by atoms with van der Waals surface area (Å²) >= 11 is 6.93. The van der Waals surface area contributed by atoms with Crippen molar-refractivity contribution in [2.45, 2.75) is 0 Å². The zero-order chi connectivity index (χ0) is 12.1. The second kappa shape index (κ2) is 5.54. The molecule has 0 atom stereocenters. The van der Waals surface area contributed by atoms with Gasteiger partial charge in [0.15, 0.2) is 0 Å². The average molecular weight is 258 g/mol. The standard InChI is InChI=1S/C10H8ClNO3S/c1-2-4-12(6-8(13)14)10(15)9-7(11)3-5-16-9/h1,3,5H,4,6H2,(H,13,14). The van der Waals surface area contributed by atoms with Crippen molar-refractivity contribution in [3.63, 3.8) is 0 Å². The van der Waals surface area contributed by atoms with Gasteiger partial charge in [-0.1, -0.05) is 17.5 Å². The number of carbonyl (C=O) groups is 2. The highest BCUT2D eigenvalue weighted by Crippen LogP contribution is 2.23. The zero-order valence-electron chi connectivity index (χ0n) is 8.14. The zero-order valence-corrected chi connectivity index (χ0v) is 9.72. The molecule has 1 heterocycles. The molecule has 0 bridgehead atoms. The van der Waals surface area contributed by atoms with Crippen LogP contribution in [0.4, 0.5) is 0 Å². The fourth-order valence-electron chi connectivity index (χ4n) is 1.06. The van der Waals surface area contributed by atoms with E-state index in [1.165, 1.54) is 0 Å². The summed E-state index contributed by atoms with van der Waals surface area (Å²) in [5, 5.41) is 10.6. The molecule has 1 rings (SSSR count). The molecule has 4 nitrogen and oxygen atoms in total. The average Bonchev–Trinajstić information content (AvgIpc) is 2.62. The van der Waals surface area contributed by atoms with Crippen molar-refractivity contribution < 1.29 is 14.7 Å². The molecule has 1 amide bonds. The summed E-state index contributed by atoms with van der Waals surface area (Å²) in [6, 6.07) is 1.58. The lowest BCUT2D eigenvalue weighted by molar-refractivity contribution is -0.137. The highest BCUT2D eigenvalue weighted by molar-refractivity contribution is 7.12. The molecule has 6 heteroatoms. The van der Waals surface area contributed by atoms with E-state index in [1.54, 1.807) is 11.4 Å². The minimum absolute atomic E-state index is 0.0562. The summed E-state index contributed by atoms with van der Waals surface area (Å²) in [7, 11) is 0. The van der Waals surface area contributed by atoms with Crippen LogP contribution < -0.4 is 0 Å². The lowest BCUT2D eigenvalue weighted by Crippen LogP contribution is -2.35. The lowest BCUT2D eigenvalue weighted by atomic mass is 10.3. The van der Waals surface area contributed by atoms with Gasteiger partial charge in [0.05, 0.1) is 11.6 Å². The highest BCUT2D eigenvalue weighted by atomic mass is 35.5. The number of rotatable bonds is 4. The normalized spacial score (nSPS) is 9.50. The molecule has 0 aliphatic heterocycles. The number of hydrogen-bond donors (Lipinski definition) is 1. The summed E-state index contributed by atoms with van der Waals surface area (Å²) in [6.07, 6.45) is 5.07. The van der Waals surface area contributed by atoms with Crippen LogP contribution in [0.15, 0.2) is 11.4 Å². The van der Waals surface area contributed by atoms with Gasteiger partial charge in [0, 0.05) is 0 Å². The van der Waals surface area contributed by atoms with Crippen LogP contribution in [0, 0.1) is 12.3 Å². The van der Waals surface area contributed by atoms with Crippen LogP contribution in [0.3, 0.4) is 0 Å². The van der Waals surface area contributed by atoms with Crippen LogP contribution in [-0.4, -0.2) is 35.0 Å². The Kier molecular flexibility index (Phi) is 4.35. The van der Waals surface area contributed by atoms with Gasteiger partial charge in [-0.15, -0.1) is 17.8 Å². The first-order valence-electron chi connectivity index (χ1n) is 4.23. The van der Waals surface area contributed by atoms with E-state index >= 15 is 0 Å². The van der Waals surface area contributed by atoms with Gasteiger partial charge in [-0.2, -0.15) is 0 Å². The maximum absolute atomic E-state index is 11.8. The number of thiophene rings is 1. The Morgan fingerprint density at radius 1 is 1.62 bits per heavy atom. The molecule has 16 heavy (non-hydrogen) atoms. The summed E-state index contributed by atoms with van der Waals surface area (Å²) in [4.78, 5) is 23.8. The molecule has 1 aromatic heterocycles. The van der Waals surface area contributed by atoms with E-state index in [0.717, 1.165) is 16.2 Å². The van der Waals surface area contributed by atoms with Crippen LogP contribution in [0.2, 0.25) is 5.02 Å². The SMILES string of the molecule is C#CCN(CC(=O)O)C(=O)c1sccc1Cl. The number of amides is 1. The van der Waals surface area contributed by atoms with Crippen molar-refractivity contribution in [1.82, 2.24) is 4.90 Å². The van der Waals surface area contributed by atoms with E-state index in [0.29, 0.717) is 9.90 Å². The number of halogens is 1. The number of carboxylic acids is 1. The molecule has 84 valence electrons. The van der Waals surface area contributed by atoms with Gasteiger partial charge in [-0.25, -0.2) is 0 Å². The number of aliphatic carboxylic acids is 1. The van der Waals surface area contributed by atoms with Crippen molar-refractivity contribution in [2.75, 3.05) is 13.1 Å². The Morgan fingerprint density at radius 2 is 2.31 bits per heavy atom. The van der Waals surface area contributed by atoms with Crippen molar-refractivity contribution >= 4 is 34.8 Å². The van der Waals surface area contributed by atoms with E-state index < -0.39 is 18.4 Å². The number of nitrogens with zero attached hydrogens (tertiary/aromatic N) is 1. The molecular weight excluding hydrogens is 250 g/mol. The smallest absolute Gasteiger partial charge is 0.323 e. The fourth-order valence-corrected chi connectivity index (χ4v) is 2.17. The van der Waals surface area contributed by atoms with Crippen molar-refractivity contribution in [2.24, 2.45) is 0 Å². The van der Waals surface area contributed by atoms with Gasteiger partial charge in [-0.3, -0.25) is 9.59 Å². The summed E-state index contributed by atoms with van der Waals surface area (Å²) in [6.45, 7) is -0.489. The summed E-state index contributed by atoms with van der Waals surface area (Å²) < 4.78 is 0. The molecule has 0 saturated carbocycles. The van der Waals surface area contributed by atoms with Gasteiger partial charge in [-0.05, 0) is 11.4 Å². The maximum Gasteiger partial charge on any atom is 0.323 e.